The number of alkyl halides is 3. The first-order valence-electron chi connectivity index (χ1n) is 6.52. The third kappa shape index (κ3) is 4.97. The van der Waals surface area contributed by atoms with Gasteiger partial charge in [0, 0.05) is 18.7 Å². The van der Waals surface area contributed by atoms with Crippen LogP contribution in [0, 0.1) is 0 Å². The molecule has 0 atom stereocenters. The molecular weight excluding hydrogens is 309 g/mol. The van der Waals surface area contributed by atoms with E-state index in [1.54, 1.807) is 6.92 Å². The van der Waals surface area contributed by atoms with Crippen molar-refractivity contribution in [3.05, 3.63) is 11.8 Å². The molecule has 0 spiro atoms. The maximum Gasteiger partial charge on any atom is 0.402 e. The van der Waals surface area contributed by atoms with Gasteiger partial charge in [0.1, 0.15) is 6.54 Å². The lowest BCUT2D eigenvalue weighted by Crippen LogP contribution is -2.40. The Morgan fingerprint density at radius 3 is 2.57 bits per heavy atom. The molecule has 1 aromatic rings. The lowest BCUT2D eigenvalue weighted by molar-refractivity contribution is -0.136. The van der Waals surface area contributed by atoms with Crippen LogP contribution < -0.4 is 5.32 Å². The Labute approximate surface area is 121 Å². The van der Waals surface area contributed by atoms with Crippen molar-refractivity contribution in [2.45, 2.75) is 38.0 Å². The Hall–Kier alpha value is -1.13. The van der Waals surface area contributed by atoms with Gasteiger partial charge in [-0.05, 0) is 13.0 Å². The third-order valence-electron chi connectivity index (χ3n) is 2.67. The van der Waals surface area contributed by atoms with Gasteiger partial charge in [-0.15, -0.1) is 0 Å². The first-order valence-corrected chi connectivity index (χ1v) is 7.96. The Morgan fingerprint density at radius 2 is 2.05 bits per heavy atom. The summed E-state index contributed by atoms with van der Waals surface area (Å²) < 4.78 is 62.9. The molecule has 0 fully saturated rings. The molecule has 1 aromatic heterocycles. The van der Waals surface area contributed by atoms with Gasteiger partial charge in [-0.25, -0.2) is 8.42 Å². The largest absolute Gasteiger partial charge is 0.402 e. The Balaban J connectivity index is 3.08. The number of nitrogens with one attached hydrogen (secondary N) is 2. The van der Waals surface area contributed by atoms with Crippen molar-refractivity contribution in [3.8, 4) is 0 Å². The monoisotopic (exact) mass is 328 g/mol. The van der Waals surface area contributed by atoms with E-state index in [9.17, 15) is 21.6 Å². The van der Waals surface area contributed by atoms with Gasteiger partial charge in [0.15, 0.2) is 5.03 Å². The predicted octanol–water partition coefficient (Wildman–Crippen LogP) is 1.48. The van der Waals surface area contributed by atoms with Gasteiger partial charge < -0.3 is 5.32 Å². The van der Waals surface area contributed by atoms with E-state index < -0.39 is 22.7 Å². The molecule has 21 heavy (non-hydrogen) atoms. The number of hydrogen-bond donors (Lipinski definition) is 2. The van der Waals surface area contributed by atoms with Crippen molar-refractivity contribution in [3.63, 3.8) is 0 Å². The van der Waals surface area contributed by atoms with E-state index in [-0.39, 0.29) is 24.5 Å². The summed E-state index contributed by atoms with van der Waals surface area (Å²) in [7, 11) is -4.26. The highest BCUT2D eigenvalue weighted by Gasteiger charge is 2.38. The molecule has 0 aliphatic rings. The molecule has 6 nitrogen and oxygen atoms in total. The summed E-state index contributed by atoms with van der Waals surface area (Å²) in [6.07, 6.45) is -3.01. The lowest BCUT2D eigenvalue weighted by Gasteiger charge is -2.22. The molecule has 0 aromatic carbocycles. The summed E-state index contributed by atoms with van der Waals surface area (Å²) >= 11 is 0. The van der Waals surface area contributed by atoms with Crippen LogP contribution in [0.3, 0.4) is 0 Å². The number of sulfonamides is 1. The predicted molar refractivity (Wildman–Crippen MR) is 71.1 cm³/mol. The molecule has 0 aliphatic heterocycles. The van der Waals surface area contributed by atoms with E-state index in [2.05, 4.69) is 15.5 Å². The average molecular weight is 328 g/mol. The number of nitrogens with zero attached hydrogens (tertiary/aromatic N) is 2. The second-order valence-electron chi connectivity index (χ2n) is 4.46. The highest BCUT2D eigenvalue weighted by atomic mass is 32.2. The van der Waals surface area contributed by atoms with Crippen LogP contribution in [0.1, 0.15) is 25.8 Å². The lowest BCUT2D eigenvalue weighted by atomic mass is 10.3. The van der Waals surface area contributed by atoms with Crippen LogP contribution in [0.5, 0.6) is 0 Å². The fourth-order valence-electron chi connectivity index (χ4n) is 1.77. The van der Waals surface area contributed by atoms with Gasteiger partial charge in [-0.1, -0.05) is 13.8 Å². The van der Waals surface area contributed by atoms with Crippen molar-refractivity contribution in [2.75, 3.05) is 19.6 Å². The third-order valence-corrected chi connectivity index (χ3v) is 4.53. The van der Waals surface area contributed by atoms with Gasteiger partial charge in [0.25, 0.3) is 10.0 Å². The van der Waals surface area contributed by atoms with Crippen LogP contribution in [0.15, 0.2) is 11.2 Å². The Morgan fingerprint density at radius 1 is 1.38 bits per heavy atom. The maximum atomic E-state index is 12.6. The first kappa shape index (κ1) is 17.9. The summed E-state index contributed by atoms with van der Waals surface area (Å²) in [6.45, 7) is 2.55. The zero-order chi connectivity index (χ0) is 16.1. The molecule has 0 unspecified atom stereocenters. The minimum Gasteiger partial charge on any atom is -0.313 e. The van der Waals surface area contributed by atoms with E-state index in [1.807, 2.05) is 6.92 Å². The van der Waals surface area contributed by atoms with Crippen LogP contribution in [-0.2, 0) is 16.6 Å². The highest BCUT2D eigenvalue weighted by molar-refractivity contribution is 7.89. The number of rotatable bonds is 8. The Bertz CT molecular complexity index is 542. The minimum atomic E-state index is -4.59. The zero-order valence-corrected chi connectivity index (χ0v) is 12.7. The average Bonchev–Trinajstić information content (AvgIpc) is 2.83. The molecule has 122 valence electrons. The summed E-state index contributed by atoms with van der Waals surface area (Å²) in [5, 5.41) is 8.55. The molecule has 0 amide bonds. The number of hydrogen-bond acceptors (Lipinski definition) is 4. The second kappa shape index (κ2) is 7.23. The van der Waals surface area contributed by atoms with Gasteiger partial charge in [-0.2, -0.15) is 22.6 Å². The molecule has 0 aliphatic carbocycles. The smallest absolute Gasteiger partial charge is 0.313 e. The molecular formula is C11H19F3N4O2S. The van der Waals surface area contributed by atoms with Crippen LogP contribution in [-0.4, -0.2) is 48.7 Å². The van der Waals surface area contributed by atoms with E-state index in [4.69, 9.17) is 0 Å². The van der Waals surface area contributed by atoms with Gasteiger partial charge in [0.05, 0.1) is 6.20 Å². The molecule has 10 heteroatoms. The van der Waals surface area contributed by atoms with Gasteiger partial charge >= 0.3 is 6.18 Å². The highest BCUT2D eigenvalue weighted by Crippen LogP contribution is 2.23. The molecule has 2 N–H and O–H groups in total. The van der Waals surface area contributed by atoms with Crippen molar-refractivity contribution >= 4 is 10.0 Å². The zero-order valence-electron chi connectivity index (χ0n) is 11.9. The van der Waals surface area contributed by atoms with Crippen molar-refractivity contribution in [1.29, 1.82) is 0 Å². The molecule has 0 saturated heterocycles. The summed E-state index contributed by atoms with van der Waals surface area (Å²) in [5.41, 5.74) is 0.320. The van der Waals surface area contributed by atoms with Crippen LogP contribution in [0.25, 0.3) is 0 Å². The quantitative estimate of drug-likeness (QED) is 0.758. The Kier molecular flexibility index (Phi) is 6.17. The standard InChI is InChI=1S/C11H19F3N4O2S/c1-3-5-18(8-11(12,13)14)21(19,20)10-9(6-15-4-2)7-16-17-10/h7,15H,3-6,8H2,1-2H3,(H,16,17). The molecule has 0 bridgehead atoms. The molecule has 0 radical (unpaired) electrons. The summed E-state index contributed by atoms with van der Waals surface area (Å²) in [4.78, 5) is 0. The first-order chi connectivity index (χ1) is 9.72. The summed E-state index contributed by atoms with van der Waals surface area (Å²) in [6, 6.07) is 0. The summed E-state index contributed by atoms with van der Waals surface area (Å²) in [5.74, 6) is 0. The van der Waals surface area contributed by atoms with Crippen molar-refractivity contribution < 1.29 is 21.6 Å². The topological polar surface area (TPSA) is 78.1 Å². The number of aromatic nitrogens is 2. The molecule has 1 rings (SSSR count). The van der Waals surface area contributed by atoms with E-state index >= 15 is 0 Å². The van der Waals surface area contributed by atoms with Gasteiger partial charge in [0.2, 0.25) is 0 Å². The van der Waals surface area contributed by atoms with E-state index in [0.717, 1.165) is 0 Å². The number of H-pyrrole nitrogens is 1. The fourth-order valence-corrected chi connectivity index (χ4v) is 3.39. The molecule has 0 saturated carbocycles. The maximum absolute atomic E-state index is 12.6. The second-order valence-corrected chi connectivity index (χ2v) is 6.33. The van der Waals surface area contributed by atoms with Crippen LogP contribution >= 0.6 is 0 Å². The van der Waals surface area contributed by atoms with Crippen LogP contribution in [0.2, 0.25) is 0 Å². The van der Waals surface area contributed by atoms with E-state index in [0.29, 0.717) is 16.4 Å². The minimum absolute atomic E-state index is 0.207. The van der Waals surface area contributed by atoms with Gasteiger partial charge in [-0.3, -0.25) is 5.10 Å². The van der Waals surface area contributed by atoms with Crippen molar-refractivity contribution in [1.82, 2.24) is 19.8 Å². The number of aromatic amines is 1. The molecule has 1 heterocycles. The number of halogens is 3. The SMILES string of the molecule is CCCN(CC(F)(F)F)S(=O)(=O)c1[nH]ncc1CNCC. The normalized spacial score (nSPS) is 13.0. The van der Waals surface area contributed by atoms with Crippen molar-refractivity contribution in [2.24, 2.45) is 0 Å². The van der Waals surface area contributed by atoms with Crippen LogP contribution in [0.4, 0.5) is 13.2 Å². The van der Waals surface area contributed by atoms with E-state index in [1.165, 1.54) is 6.20 Å². The fraction of sp³-hybridized carbons (Fsp3) is 0.727.